The zero-order chi connectivity index (χ0) is 12.4. The molecule has 0 aromatic heterocycles. The highest BCUT2D eigenvalue weighted by Crippen LogP contribution is 2.19. The minimum Gasteiger partial charge on any atom is -0.363 e. The second kappa shape index (κ2) is 4.72. The van der Waals surface area contributed by atoms with E-state index in [0.29, 0.717) is 0 Å². The van der Waals surface area contributed by atoms with Crippen LogP contribution in [0.4, 0.5) is 0 Å². The third-order valence-corrected chi connectivity index (χ3v) is 3.69. The SMILES string of the molecule is CCC(C)(C)N(C)C(=O)COC1(C)CNC1. The van der Waals surface area contributed by atoms with Crippen molar-refractivity contribution in [1.29, 1.82) is 0 Å². The van der Waals surface area contributed by atoms with Gasteiger partial charge in [0, 0.05) is 25.7 Å². The molecule has 0 unspecified atom stereocenters. The van der Waals surface area contributed by atoms with Crippen molar-refractivity contribution in [2.75, 3.05) is 26.7 Å². The van der Waals surface area contributed by atoms with E-state index in [1.165, 1.54) is 0 Å². The molecule has 0 aromatic carbocycles. The summed E-state index contributed by atoms with van der Waals surface area (Å²) in [5.74, 6) is 0.0555. The van der Waals surface area contributed by atoms with Gasteiger partial charge in [-0.05, 0) is 27.2 Å². The number of rotatable bonds is 5. The van der Waals surface area contributed by atoms with Crippen LogP contribution in [0.3, 0.4) is 0 Å². The maximum atomic E-state index is 11.9. The van der Waals surface area contributed by atoms with E-state index in [9.17, 15) is 4.79 Å². The Morgan fingerprint density at radius 3 is 2.44 bits per heavy atom. The number of nitrogens with zero attached hydrogens (tertiary/aromatic N) is 1. The molecule has 1 rings (SSSR count). The van der Waals surface area contributed by atoms with E-state index in [1.807, 2.05) is 14.0 Å². The van der Waals surface area contributed by atoms with Gasteiger partial charge in [0.25, 0.3) is 0 Å². The van der Waals surface area contributed by atoms with Crippen LogP contribution in [0.15, 0.2) is 0 Å². The van der Waals surface area contributed by atoms with Crippen LogP contribution in [0, 0.1) is 0 Å². The van der Waals surface area contributed by atoms with Crippen LogP contribution in [0.25, 0.3) is 0 Å². The normalized spacial score (nSPS) is 19.1. The first-order valence-corrected chi connectivity index (χ1v) is 5.92. The highest BCUT2D eigenvalue weighted by atomic mass is 16.5. The summed E-state index contributed by atoms with van der Waals surface area (Å²) in [5.41, 5.74) is -0.244. The molecule has 0 spiro atoms. The van der Waals surface area contributed by atoms with Crippen molar-refractivity contribution < 1.29 is 9.53 Å². The first kappa shape index (κ1) is 13.5. The molecule has 0 saturated carbocycles. The molecule has 1 N–H and O–H groups in total. The first-order chi connectivity index (χ1) is 7.31. The molecule has 0 atom stereocenters. The Kier molecular flexibility index (Phi) is 3.97. The summed E-state index contributed by atoms with van der Waals surface area (Å²) >= 11 is 0. The van der Waals surface area contributed by atoms with Crippen LogP contribution in [-0.4, -0.2) is 48.7 Å². The van der Waals surface area contributed by atoms with Gasteiger partial charge in [0.15, 0.2) is 0 Å². The lowest BCUT2D eigenvalue weighted by Gasteiger charge is -2.40. The van der Waals surface area contributed by atoms with E-state index >= 15 is 0 Å². The summed E-state index contributed by atoms with van der Waals surface area (Å²) in [7, 11) is 1.84. The lowest BCUT2D eigenvalue weighted by atomic mass is 9.99. The smallest absolute Gasteiger partial charge is 0.248 e. The van der Waals surface area contributed by atoms with Crippen molar-refractivity contribution in [3.8, 4) is 0 Å². The predicted octanol–water partition coefficient (Wildman–Crippen LogP) is 1.01. The van der Waals surface area contributed by atoms with Gasteiger partial charge in [0.2, 0.25) is 5.91 Å². The Hall–Kier alpha value is -0.610. The maximum Gasteiger partial charge on any atom is 0.248 e. The maximum absolute atomic E-state index is 11.9. The van der Waals surface area contributed by atoms with E-state index in [2.05, 4.69) is 26.1 Å². The van der Waals surface area contributed by atoms with Gasteiger partial charge in [0.1, 0.15) is 6.61 Å². The first-order valence-electron chi connectivity index (χ1n) is 5.92. The van der Waals surface area contributed by atoms with E-state index < -0.39 is 0 Å². The summed E-state index contributed by atoms with van der Waals surface area (Å²) in [5, 5.41) is 3.15. The topological polar surface area (TPSA) is 41.6 Å². The molecular formula is C12H24N2O2. The Balaban J connectivity index is 2.40. The highest BCUT2D eigenvalue weighted by Gasteiger charge is 2.34. The molecule has 94 valence electrons. The average Bonchev–Trinajstić information content (AvgIpc) is 2.22. The number of likely N-dealkylation sites (N-methyl/N-ethyl adjacent to an activating group) is 1. The molecule has 1 aliphatic heterocycles. The van der Waals surface area contributed by atoms with Gasteiger partial charge in [-0.3, -0.25) is 4.79 Å². The second-order valence-electron chi connectivity index (χ2n) is 5.46. The Morgan fingerprint density at radius 2 is 2.06 bits per heavy atom. The summed E-state index contributed by atoms with van der Waals surface area (Å²) in [6.07, 6.45) is 0.939. The van der Waals surface area contributed by atoms with Gasteiger partial charge in [0.05, 0.1) is 5.60 Å². The van der Waals surface area contributed by atoms with Gasteiger partial charge < -0.3 is 15.0 Å². The van der Waals surface area contributed by atoms with Gasteiger partial charge in [-0.1, -0.05) is 6.92 Å². The van der Waals surface area contributed by atoms with Crippen molar-refractivity contribution >= 4 is 5.91 Å². The summed E-state index contributed by atoms with van der Waals surface area (Å²) < 4.78 is 5.63. The minimum atomic E-state index is -0.146. The van der Waals surface area contributed by atoms with Gasteiger partial charge in [-0.25, -0.2) is 0 Å². The molecule has 0 aliphatic carbocycles. The van der Waals surface area contributed by atoms with Gasteiger partial charge in [-0.2, -0.15) is 0 Å². The van der Waals surface area contributed by atoms with Crippen molar-refractivity contribution in [2.24, 2.45) is 0 Å². The molecule has 4 heteroatoms. The van der Waals surface area contributed by atoms with Crippen LogP contribution in [0.5, 0.6) is 0 Å². The standard InChI is InChI=1S/C12H24N2O2/c1-6-11(2,3)14(5)10(15)7-16-12(4)8-13-9-12/h13H,6-9H2,1-5H3. The Bertz CT molecular complexity index is 260. The van der Waals surface area contributed by atoms with Crippen LogP contribution in [-0.2, 0) is 9.53 Å². The predicted molar refractivity (Wildman–Crippen MR) is 64.4 cm³/mol. The van der Waals surface area contributed by atoms with Crippen LogP contribution >= 0.6 is 0 Å². The number of ether oxygens (including phenoxy) is 1. The largest absolute Gasteiger partial charge is 0.363 e. The molecule has 1 saturated heterocycles. The molecule has 4 nitrogen and oxygen atoms in total. The van der Waals surface area contributed by atoms with Crippen LogP contribution in [0.1, 0.15) is 34.1 Å². The minimum absolute atomic E-state index is 0.0555. The molecule has 1 fully saturated rings. The number of amides is 1. The number of nitrogens with one attached hydrogen (secondary N) is 1. The second-order valence-corrected chi connectivity index (χ2v) is 5.46. The number of hydrogen-bond acceptors (Lipinski definition) is 3. The van der Waals surface area contributed by atoms with Gasteiger partial charge >= 0.3 is 0 Å². The molecule has 0 bridgehead atoms. The lowest BCUT2D eigenvalue weighted by molar-refractivity contribution is -0.149. The zero-order valence-corrected chi connectivity index (χ0v) is 11.1. The fraction of sp³-hybridized carbons (Fsp3) is 0.917. The quantitative estimate of drug-likeness (QED) is 0.763. The highest BCUT2D eigenvalue weighted by molar-refractivity contribution is 5.78. The Labute approximate surface area is 98.3 Å². The Morgan fingerprint density at radius 1 is 1.50 bits per heavy atom. The zero-order valence-electron chi connectivity index (χ0n) is 11.1. The van der Waals surface area contributed by atoms with E-state index in [1.54, 1.807) is 4.90 Å². The lowest BCUT2D eigenvalue weighted by Crippen LogP contribution is -2.60. The van der Waals surface area contributed by atoms with E-state index in [-0.39, 0.29) is 23.7 Å². The van der Waals surface area contributed by atoms with Crippen molar-refractivity contribution in [1.82, 2.24) is 10.2 Å². The summed E-state index contributed by atoms with van der Waals surface area (Å²) in [4.78, 5) is 13.7. The molecule has 0 radical (unpaired) electrons. The third kappa shape index (κ3) is 2.95. The third-order valence-electron chi connectivity index (χ3n) is 3.69. The fourth-order valence-corrected chi connectivity index (χ4v) is 1.49. The number of carbonyl (C=O) groups is 1. The van der Waals surface area contributed by atoms with E-state index in [0.717, 1.165) is 19.5 Å². The van der Waals surface area contributed by atoms with Crippen molar-refractivity contribution in [2.45, 2.75) is 45.3 Å². The fourth-order valence-electron chi connectivity index (χ4n) is 1.49. The molecule has 16 heavy (non-hydrogen) atoms. The summed E-state index contributed by atoms with van der Waals surface area (Å²) in [6.45, 7) is 10.1. The van der Waals surface area contributed by atoms with Gasteiger partial charge in [-0.15, -0.1) is 0 Å². The molecule has 0 aromatic rings. The summed E-state index contributed by atoms with van der Waals surface area (Å²) in [6, 6.07) is 0. The number of hydrogen-bond donors (Lipinski definition) is 1. The van der Waals surface area contributed by atoms with Crippen LogP contribution < -0.4 is 5.32 Å². The monoisotopic (exact) mass is 228 g/mol. The van der Waals surface area contributed by atoms with Crippen LogP contribution in [0.2, 0.25) is 0 Å². The number of carbonyl (C=O) groups excluding carboxylic acids is 1. The molecule has 1 amide bonds. The average molecular weight is 228 g/mol. The molecule has 1 aliphatic rings. The van der Waals surface area contributed by atoms with Crippen molar-refractivity contribution in [3.05, 3.63) is 0 Å². The molecular weight excluding hydrogens is 204 g/mol. The van der Waals surface area contributed by atoms with E-state index in [4.69, 9.17) is 4.74 Å². The molecule has 1 heterocycles. The van der Waals surface area contributed by atoms with Crippen molar-refractivity contribution in [3.63, 3.8) is 0 Å².